The van der Waals surface area contributed by atoms with Gasteiger partial charge in [-0.25, -0.2) is 13.1 Å². The molecule has 0 aromatic heterocycles. The maximum atomic E-state index is 12.1. The van der Waals surface area contributed by atoms with Gasteiger partial charge in [-0.1, -0.05) is 19.1 Å². The van der Waals surface area contributed by atoms with Crippen LogP contribution in [-0.4, -0.2) is 44.4 Å². The number of ether oxygens (including phenoxy) is 1. The zero-order valence-electron chi connectivity index (χ0n) is 15.3. The summed E-state index contributed by atoms with van der Waals surface area (Å²) in [5, 5.41) is 13.8. The zero-order valence-corrected chi connectivity index (χ0v) is 16.1. The Bertz CT molecular complexity index is 705. The molecule has 0 radical (unpaired) electrons. The second-order valence-electron chi connectivity index (χ2n) is 6.66. The first-order valence-electron chi connectivity index (χ1n) is 8.97. The molecule has 1 amide bonds. The maximum Gasteiger partial charge on any atom is 0.216 e. The predicted octanol–water partition coefficient (Wildman–Crippen LogP) is 1.27. The highest BCUT2D eigenvalue weighted by atomic mass is 32.2. The molecule has 0 aliphatic heterocycles. The van der Waals surface area contributed by atoms with E-state index < -0.39 is 21.7 Å². The first kappa shape index (κ1) is 20.7. The molecule has 2 rings (SSSR count). The van der Waals surface area contributed by atoms with Crippen LogP contribution in [0.4, 0.5) is 0 Å². The van der Waals surface area contributed by atoms with Gasteiger partial charge in [0.1, 0.15) is 18.0 Å². The molecule has 7 nitrogen and oxygen atoms in total. The van der Waals surface area contributed by atoms with Gasteiger partial charge >= 0.3 is 0 Å². The van der Waals surface area contributed by atoms with Crippen LogP contribution in [0.15, 0.2) is 24.3 Å². The molecular formula is C18H28N2O5S. The highest BCUT2D eigenvalue weighted by Crippen LogP contribution is 2.39. The van der Waals surface area contributed by atoms with Crippen LogP contribution < -0.4 is 14.8 Å². The largest absolute Gasteiger partial charge is 0.492 e. The molecule has 1 aromatic carbocycles. The van der Waals surface area contributed by atoms with E-state index in [1.165, 1.54) is 6.92 Å². The summed E-state index contributed by atoms with van der Waals surface area (Å²) in [6, 6.07) is 6.50. The van der Waals surface area contributed by atoms with Gasteiger partial charge in [0, 0.05) is 6.92 Å². The summed E-state index contributed by atoms with van der Waals surface area (Å²) in [6.45, 7) is 4.03. The van der Waals surface area contributed by atoms with E-state index in [0.29, 0.717) is 43.7 Å². The van der Waals surface area contributed by atoms with E-state index in [1.54, 1.807) is 24.3 Å². The Morgan fingerprint density at radius 1 is 1.35 bits per heavy atom. The lowest BCUT2D eigenvalue weighted by Crippen LogP contribution is -2.47. The number of aliphatic hydroxyl groups is 1. The minimum Gasteiger partial charge on any atom is -0.492 e. The number of benzene rings is 1. The number of carbonyl (C=O) groups is 1. The lowest BCUT2D eigenvalue weighted by molar-refractivity contribution is -0.119. The number of rotatable bonds is 9. The van der Waals surface area contributed by atoms with Crippen LogP contribution in [0.5, 0.6) is 5.75 Å². The van der Waals surface area contributed by atoms with Crippen LogP contribution in [0.3, 0.4) is 0 Å². The van der Waals surface area contributed by atoms with Gasteiger partial charge < -0.3 is 15.2 Å². The van der Waals surface area contributed by atoms with Crippen LogP contribution >= 0.6 is 0 Å². The lowest BCUT2D eigenvalue weighted by atomic mass is 9.89. The number of hydrogen-bond acceptors (Lipinski definition) is 5. The Hall–Kier alpha value is -1.64. The second kappa shape index (κ2) is 8.83. The van der Waals surface area contributed by atoms with Crippen molar-refractivity contribution in [3.8, 4) is 5.75 Å². The highest BCUT2D eigenvalue weighted by molar-refractivity contribution is 7.89. The van der Waals surface area contributed by atoms with Crippen molar-refractivity contribution in [2.45, 2.75) is 51.2 Å². The third-order valence-electron chi connectivity index (χ3n) is 4.52. The summed E-state index contributed by atoms with van der Waals surface area (Å²) in [7, 11) is -3.39. The first-order chi connectivity index (χ1) is 12.3. The molecule has 1 aromatic rings. The van der Waals surface area contributed by atoms with Crippen LogP contribution in [-0.2, 0) is 20.4 Å². The second-order valence-corrected chi connectivity index (χ2v) is 8.54. The molecule has 8 heteroatoms. The summed E-state index contributed by atoms with van der Waals surface area (Å²) in [5.74, 6) is 0.577. The molecular weight excluding hydrogens is 356 g/mol. The van der Waals surface area contributed by atoms with Crippen LogP contribution in [0, 0.1) is 0 Å². The van der Waals surface area contributed by atoms with Crippen molar-refractivity contribution in [3.63, 3.8) is 0 Å². The molecule has 1 aliphatic carbocycles. The van der Waals surface area contributed by atoms with E-state index in [1.807, 2.05) is 6.92 Å². The lowest BCUT2D eigenvalue weighted by Gasteiger charge is -2.31. The summed E-state index contributed by atoms with van der Waals surface area (Å²) in [5.41, 5.74) is -0.538. The molecule has 0 bridgehead atoms. The van der Waals surface area contributed by atoms with Crippen LogP contribution in [0.25, 0.3) is 0 Å². The molecule has 146 valence electrons. The number of hydrogen-bond donors (Lipinski definition) is 3. The summed E-state index contributed by atoms with van der Waals surface area (Å²) < 4.78 is 32.4. The molecule has 1 fully saturated rings. The Labute approximate surface area is 155 Å². The fraction of sp³-hybridized carbons (Fsp3) is 0.611. The van der Waals surface area contributed by atoms with Gasteiger partial charge in [0.25, 0.3) is 0 Å². The minimum atomic E-state index is -3.39. The Morgan fingerprint density at radius 3 is 2.65 bits per heavy atom. The standard InChI is InChI=1S/C18H28N2O5S/c1-3-13-26(23,24)20-17-5-4-10-18(17,22)15-6-8-16(9-7-15)25-12-11-19-14(2)21/h6-9,17,20,22H,3-5,10-13H2,1-2H3,(H,19,21). The van der Waals surface area contributed by atoms with E-state index in [-0.39, 0.29) is 11.7 Å². The van der Waals surface area contributed by atoms with Gasteiger partial charge in [0.05, 0.1) is 18.3 Å². The smallest absolute Gasteiger partial charge is 0.216 e. The third-order valence-corrected chi connectivity index (χ3v) is 6.11. The summed E-state index contributed by atoms with van der Waals surface area (Å²) in [4.78, 5) is 10.8. The zero-order chi connectivity index (χ0) is 19.2. The van der Waals surface area contributed by atoms with Crippen molar-refractivity contribution in [1.29, 1.82) is 0 Å². The van der Waals surface area contributed by atoms with Gasteiger partial charge in [-0.2, -0.15) is 0 Å². The maximum absolute atomic E-state index is 12.1. The number of sulfonamides is 1. The molecule has 2 unspecified atom stereocenters. The van der Waals surface area contributed by atoms with Gasteiger partial charge in [0.2, 0.25) is 15.9 Å². The van der Waals surface area contributed by atoms with E-state index in [9.17, 15) is 18.3 Å². The average Bonchev–Trinajstić information content (AvgIpc) is 2.93. The fourth-order valence-electron chi connectivity index (χ4n) is 3.27. The van der Waals surface area contributed by atoms with Gasteiger partial charge in [0.15, 0.2) is 0 Å². The highest BCUT2D eigenvalue weighted by Gasteiger charge is 2.44. The quantitative estimate of drug-likeness (QED) is 0.556. The van der Waals surface area contributed by atoms with E-state index in [4.69, 9.17) is 4.74 Å². The van der Waals surface area contributed by atoms with Gasteiger partial charge in [-0.05, 0) is 43.4 Å². The average molecular weight is 384 g/mol. The van der Waals surface area contributed by atoms with Crippen molar-refractivity contribution in [1.82, 2.24) is 10.0 Å². The molecule has 26 heavy (non-hydrogen) atoms. The van der Waals surface area contributed by atoms with Crippen molar-refractivity contribution in [2.75, 3.05) is 18.9 Å². The number of amides is 1. The van der Waals surface area contributed by atoms with E-state index in [0.717, 1.165) is 6.42 Å². The predicted molar refractivity (Wildman–Crippen MR) is 99.4 cm³/mol. The number of nitrogens with one attached hydrogen (secondary N) is 2. The van der Waals surface area contributed by atoms with Gasteiger partial charge in [-0.15, -0.1) is 0 Å². The molecule has 0 saturated heterocycles. The topological polar surface area (TPSA) is 105 Å². The third kappa shape index (κ3) is 5.43. The number of carbonyl (C=O) groups excluding carboxylic acids is 1. The summed E-state index contributed by atoms with van der Waals surface area (Å²) in [6.07, 6.45) is 2.40. The summed E-state index contributed by atoms with van der Waals surface area (Å²) >= 11 is 0. The molecule has 2 atom stereocenters. The van der Waals surface area contributed by atoms with E-state index in [2.05, 4.69) is 10.0 Å². The Balaban J connectivity index is 2.02. The molecule has 0 spiro atoms. The van der Waals surface area contributed by atoms with Crippen LogP contribution in [0.2, 0.25) is 0 Å². The van der Waals surface area contributed by atoms with Crippen molar-refractivity contribution in [2.24, 2.45) is 0 Å². The van der Waals surface area contributed by atoms with Crippen molar-refractivity contribution in [3.05, 3.63) is 29.8 Å². The SMILES string of the molecule is CCCS(=O)(=O)NC1CCCC1(O)c1ccc(OCCNC(C)=O)cc1. The van der Waals surface area contributed by atoms with Gasteiger partial charge in [-0.3, -0.25) is 4.79 Å². The van der Waals surface area contributed by atoms with Crippen molar-refractivity contribution < 1.29 is 23.1 Å². The molecule has 0 heterocycles. The molecule has 1 aliphatic rings. The van der Waals surface area contributed by atoms with E-state index >= 15 is 0 Å². The Morgan fingerprint density at radius 2 is 2.04 bits per heavy atom. The molecule has 3 N–H and O–H groups in total. The normalized spacial score (nSPS) is 23.0. The van der Waals surface area contributed by atoms with Crippen LogP contribution in [0.1, 0.15) is 45.1 Å². The van der Waals surface area contributed by atoms with Crippen molar-refractivity contribution >= 4 is 15.9 Å². The fourth-order valence-corrected chi connectivity index (χ4v) is 4.67. The Kier molecular flexibility index (Phi) is 7.02. The minimum absolute atomic E-state index is 0.0562. The first-order valence-corrected chi connectivity index (χ1v) is 10.6. The monoisotopic (exact) mass is 384 g/mol. The molecule has 1 saturated carbocycles.